The smallest absolute Gasteiger partial charge is 0.321 e. The van der Waals surface area contributed by atoms with Gasteiger partial charge in [0.15, 0.2) is 16.5 Å². The van der Waals surface area contributed by atoms with Crippen LogP contribution in [0.3, 0.4) is 0 Å². The van der Waals surface area contributed by atoms with Crippen LogP contribution in [0.25, 0.3) is 0 Å². The van der Waals surface area contributed by atoms with Crippen molar-refractivity contribution in [1.82, 2.24) is 16.0 Å². The van der Waals surface area contributed by atoms with Gasteiger partial charge >= 0.3 is 5.97 Å². The molecule has 0 spiro atoms. The summed E-state index contributed by atoms with van der Waals surface area (Å²) < 4.78 is 5.40. The van der Waals surface area contributed by atoms with Crippen molar-refractivity contribution < 1.29 is 9.53 Å². The summed E-state index contributed by atoms with van der Waals surface area (Å²) in [7, 11) is 1.39. The van der Waals surface area contributed by atoms with E-state index in [2.05, 4.69) is 16.0 Å². The number of ether oxygens (including phenoxy) is 1. The molecule has 1 saturated heterocycles. The topological polar surface area (TPSA) is 101 Å². The third-order valence-electron chi connectivity index (χ3n) is 6.05. The number of carbonyl (C=O) groups is 1. The van der Waals surface area contributed by atoms with Crippen LogP contribution in [-0.2, 0) is 9.53 Å². The molecule has 2 aromatic rings. The molecule has 8 heteroatoms. The molecule has 1 unspecified atom stereocenters. The largest absolute Gasteiger partial charge is 0.468 e. The van der Waals surface area contributed by atoms with Crippen molar-refractivity contribution in [3.05, 3.63) is 71.3 Å². The summed E-state index contributed by atoms with van der Waals surface area (Å²) in [6.07, 6.45) is 0. The predicted molar refractivity (Wildman–Crippen MR) is 120 cm³/mol. The average molecular weight is 424 g/mol. The minimum Gasteiger partial charge on any atom is -0.468 e. The molecule has 2 aliphatic heterocycles. The Kier molecular flexibility index (Phi) is 4.89. The second-order valence-electron chi connectivity index (χ2n) is 7.88. The van der Waals surface area contributed by atoms with Crippen LogP contribution in [-0.4, -0.2) is 29.8 Å². The van der Waals surface area contributed by atoms with E-state index in [-0.39, 0.29) is 5.96 Å². The van der Waals surface area contributed by atoms with E-state index in [1.165, 1.54) is 7.11 Å². The van der Waals surface area contributed by atoms with E-state index in [9.17, 15) is 4.79 Å². The van der Waals surface area contributed by atoms with Crippen LogP contribution >= 0.6 is 12.2 Å². The van der Waals surface area contributed by atoms with E-state index in [1.807, 2.05) is 68.4 Å². The zero-order valence-electron chi connectivity index (χ0n) is 17.1. The number of hydrogen-bond acceptors (Lipinski definition) is 6. The maximum absolute atomic E-state index is 13.7. The quantitative estimate of drug-likeness (QED) is 0.443. The molecule has 4 rings (SSSR count). The molecule has 1 fully saturated rings. The molecule has 30 heavy (non-hydrogen) atoms. The van der Waals surface area contributed by atoms with Crippen LogP contribution < -0.4 is 21.7 Å². The van der Waals surface area contributed by atoms with E-state index >= 15 is 0 Å². The van der Waals surface area contributed by atoms with Crippen molar-refractivity contribution >= 4 is 29.3 Å². The highest BCUT2D eigenvalue weighted by molar-refractivity contribution is 7.80. The van der Waals surface area contributed by atoms with Crippen LogP contribution in [0.1, 0.15) is 35.7 Å². The summed E-state index contributed by atoms with van der Waals surface area (Å²) in [4.78, 5) is 18.4. The molecular formula is C22H25N5O2S. The number of nitrogens with two attached hydrogens (primary N) is 1. The number of thiocarbonyl (C=S) groups is 1. The average Bonchev–Trinajstić information content (AvgIpc) is 2.72. The number of fused-ring (bicyclic) bond motifs is 1. The first-order chi connectivity index (χ1) is 14.3. The molecule has 2 aromatic carbocycles. The number of aliphatic imine (C=N–C) groups is 1. The van der Waals surface area contributed by atoms with Gasteiger partial charge in [-0.1, -0.05) is 60.2 Å². The number of hydrogen-bond donors (Lipinski definition) is 4. The molecule has 7 nitrogen and oxygen atoms in total. The number of guanidine groups is 1. The van der Waals surface area contributed by atoms with Crippen molar-refractivity contribution in [2.24, 2.45) is 16.1 Å². The molecule has 5 N–H and O–H groups in total. The molecule has 0 saturated carbocycles. The Hall–Kier alpha value is -3.13. The Morgan fingerprint density at radius 3 is 2.40 bits per heavy atom. The lowest BCUT2D eigenvalue weighted by atomic mass is 9.60. The maximum atomic E-state index is 13.7. The van der Waals surface area contributed by atoms with Crippen LogP contribution in [0.2, 0.25) is 0 Å². The number of nitrogens with zero attached hydrogens (tertiary/aromatic N) is 1. The van der Waals surface area contributed by atoms with Crippen molar-refractivity contribution in [2.45, 2.75) is 31.6 Å². The predicted octanol–water partition coefficient (Wildman–Crippen LogP) is 2.05. The van der Waals surface area contributed by atoms with Crippen molar-refractivity contribution in [1.29, 1.82) is 0 Å². The molecule has 0 aliphatic carbocycles. The van der Waals surface area contributed by atoms with Crippen molar-refractivity contribution in [3.63, 3.8) is 0 Å². The van der Waals surface area contributed by atoms with Crippen LogP contribution in [0.5, 0.6) is 0 Å². The fraction of sp³-hybridized carbons (Fsp3) is 0.318. The molecular weight excluding hydrogens is 398 g/mol. The van der Waals surface area contributed by atoms with Crippen LogP contribution in [0.4, 0.5) is 0 Å². The van der Waals surface area contributed by atoms with E-state index < -0.39 is 29.1 Å². The minimum absolute atomic E-state index is 0.228. The number of aryl methyl sites for hydroxylation is 1. The van der Waals surface area contributed by atoms with Crippen LogP contribution in [0.15, 0.2) is 59.6 Å². The fourth-order valence-electron chi connectivity index (χ4n) is 4.68. The Morgan fingerprint density at radius 1 is 1.10 bits per heavy atom. The van der Waals surface area contributed by atoms with Gasteiger partial charge in [0.05, 0.1) is 13.2 Å². The second-order valence-corrected chi connectivity index (χ2v) is 8.29. The Morgan fingerprint density at radius 2 is 1.77 bits per heavy atom. The van der Waals surface area contributed by atoms with E-state index in [1.54, 1.807) is 0 Å². The molecule has 2 aliphatic rings. The zero-order chi connectivity index (χ0) is 21.5. The van der Waals surface area contributed by atoms with E-state index in [0.717, 1.165) is 16.7 Å². The number of benzene rings is 2. The number of nitrogens with one attached hydrogen (secondary N) is 3. The molecule has 156 valence electrons. The molecule has 0 amide bonds. The van der Waals surface area contributed by atoms with Gasteiger partial charge in [0.25, 0.3) is 0 Å². The SMILES string of the molecule is COC(=O)[C@]12C(c3ccc(C)cc3)N=C(N)N[C@]1(C)NC(=S)N[C@@H]2c1ccccc1. The van der Waals surface area contributed by atoms with Gasteiger partial charge in [-0.05, 0) is 37.2 Å². The van der Waals surface area contributed by atoms with Gasteiger partial charge in [-0.2, -0.15) is 0 Å². The normalized spacial score (nSPS) is 30.1. The second kappa shape index (κ2) is 7.28. The Bertz CT molecular complexity index is 1010. The Balaban J connectivity index is 2.03. The number of carbonyl (C=O) groups excluding carboxylic acids is 1. The number of esters is 1. The first-order valence-corrected chi connectivity index (χ1v) is 10.1. The van der Waals surface area contributed by atoms with Crippen molar-refractivity contribution in [2.75, 3.05) is 7.11 Å². The van der Waals surface area contributed by atoms with Gasteiger partial charge < -0.3 is 26.4 Å². The lowest BCUT2D eigenvalue weighted by molar-refractivity contribution is -0.166. The van der Waals surface area contributed by atoms with E-state index in [4.69, 9.17) is 27.7 Å². The highest BCUT2D eigenvalue weighted by Gasteiger charge is 2.69. The fourth-order valence-corrected chi connectivity index (χ4v) is 5.00. The minimum atomic E-state index is -1.23. The highest BCUT2D eigenvalue weighted by Crippen LogP contribution is 2.56. The van der Waals surface area contributed by atoms with Gasteiger partial charge in [0, 0.05) is 0 Å². The third-order valence-corrected chi connectivity index (χ3v) is 6.27. The molecule has 4 atom stereocenters. The van der Waals surface area contributed by atoms with E-state index in [0.29, 0.717) is 5.11 Å². The first-order valence-electron chi connectivity index (χ1n) is 9.72. The zero-order valence-corrected chi connectivity index (χ0v) is 17.9. The van der Waals surface area contributed by atoms with Gasteiger partial charge in [0.1, 0.15) is 11.7 Å². The molecule has 2 heterocycles. The van der Waals surface area contributed by atoms with Gasteiger partial charge in [-0.3, -0.25) is 4.79 Å². The van der Waals surface area contributed by atoms with Crippen LogP contribution in [0, 0.1) is 12.3 Å². The summed E-state index contributed by atoms with van der Waals surface area (Å²) in [6.45, 7) is 3.88. The van der Waals surface area contributed by atoms with Gasteiger partial charge in [-0.25, -0.2) is 4.99 Å². The molecule has 0 radical (unpaired) electrons. The van der Waals surface area contributed by atoms with Gasteiger partial charge in [0.2, 0.25) is 0 Å². The van der Waals surface area contributed by atoms with Crippen molar-refractivity contribution in [3.8, 4) is 0 Å². The maximum Gasteiger partial charge on any atom is 0.321 e. The third kappa shape index (κ3) is 2.90. The Labute approximate surface area is 181 Å². The highest BCUT2D eigenvalue weighted by atomic mass is 32.1. The lowest BCUT2D eigenvalue weighted by Gasteiger charge is -2.59. The number of methoxy groups -OCH3 is 1. The summed E-state index contributed by atoms with van der Waals surface area (Å²) in [5, 5.41) is 10.1. The first kappa shape index (κ1) is 20.2. The summed E-state index contributed by atoms with van der Waals surface area (Å²) in [5.74, 6) is -0.192. The lowest BCUT2D eigenvalue weighted by Crippen LogP contribution is -2.81. The summed E-state index contributed by atoms with van der Waals surface area (Å²) in [6, 6.07) is 16.5. The van der Waals surface area contributed by atoms with Gasteiger partial charge in [-0.15, -0.1) is 0 Å². The number of rotatable bonds is 3. The monoisotopic (exact) mass is 423 g/mol. The molecule has 0 bridgehead atoms. The summed E-state index contributed by atoms with van der Waals surface area (Å²) in [5.41, 5.74) is 6.78. The summed E-state index contributed by atoms with van der Waals surface area (Å²) >= 11 is 5.51. The molecule has 0 aromatic heterocycles. The standard InChI is InChI=1S/C22H25N5O2S/c1-13-9-11-15(12-10-13)16-22(18(28)29-3)17(14-7-5-4-6-8-14)25-20(30)27-21(22,2)26-19(23)24-16/h4-12,16-17H,1-3H3,(H3,23,24,26)(H2,25,27,30)/t16?,17-,21-,22-/m1/s1.